The lowest BCUT2D eigenvalue weighted by Crippen LogP contribution is -2.42. The summed E-state index contributed by atoms with van der Waals surface area (Å²) in [4.78, 5) is 41.2. The Morgan fingerprint density at radius 3 is 2.54 bits per heavy atom. The van der Waals surface area contributed by atoms with Gasteiger partial charge in [0, 0.05) is 31.6 Å². The summed E-state index contributed by atoms with van der Waals surface area (Å²) >= 11 is 0. The Morgan fingerprint density at radius 2 is 1.92 bits per heavy atom. The summed E-state index contributed by atoms with van der Waals surface area (Å²) in [6.45, 7) is 4.39. The van der Waals surface area contributed by atoms with Crippen LogP contribution in [0.3, 0.4) is 0 Å². The Labute approximate surface area is 151 Å². The van der Waals surface area contributed by atoms with Gasteiger partial charge in [0.05, 0.1) is 0 Å². The van der Waals surface area contributed by atoms with Crippen LogP contribution in [0.5, 0.6) is 0 Å². The number of rotatable bonds is 7. The molecule has 0 unspecified atom stereocenters. The van der Waals surface area contributed by atoms with E-state index in [1.165, 1.54) is 10.6 Å². The number of nitrogens with two attached hydrogens (primary N) is 1. The van der Waals surface area contributed by atoms with Gasteiger partial charge >= 0.3 is 5.69 Å². The fourth-order valence-electron chi connectivity index (χ4n) is 2.50. The summed E-state index contributed by atoms with van der Waals surface area (Å²) in [6, 6.07) is 3.54. The lowest BCUT2D eigenvalue weighted by Gasteiger charge is -2.16. The standard InChI is InChI=1S/C18H23N5O3/c1-3-10-22-16(19)15(17(25)23(11-4-2)18(22)26)21-14(24)8-7-13-6-5-9-20-12-13/h5-9,12H,3-4,10-11,19H2,1-2H3,(H,21,24). The Kier molecular flexibility index (Phi) is 6.48. The maximum atomic E-state index is 12.6. The average molecular weight is 357 g/mol. The van der Waals surface area contributed by atoms with E-state index in [2.05, 4.69) is 10.3 Å². The van der Waals surface area contributed by atoms with Gasteiger partial charge in [-0.25, -0.2) is 4.79 Å². The normalized spacial score (nSPS) is 11.0. The second-order valence-corrected chi connectivity index (χ2v) is 5.76. The van der Waals surface area contributed by atoms with Crippen molar-refractivity contribution in [3.63, 3.8) is 0 Å². The highest BCUT2D eigenvalue weighted by molar-refractivity contribution is 6.03. The van der Waals surface area contributed by atoms with E-state index >= 15 is 0 Å². The molecule has 2 rings (SSSR count). The molecule has 1 amide bonds. The summed E-state index contributed by atoms with van der Waals surface area (Å²) in [5.41, 5.74) is 5.61. The summed E-state index contributed by atoms with van der Waals surface area (Å²) < 4.78 is 2.42. The predicted octanol–water partition coefficient (Wildman–Crippen LogP) is 1.46. The van der Waals surface area contributed by atoms with Crippen LogP contribution in [0.1, 0.15) is 32.3 Å². The zero-order chi connectivity index (χ0) is 19.1. The molecular weight excluding hydrogens is 334 g/mol. The smallest absolute Gasteiger partial charge is 0.332 e. The highest BCUT2D eigenvalue weighted by Gasteiger charge is 2.17. The van der Waals surface area contributed by atoms with Crippen molar-refractivity contribution in [1.82, 2.24) is 14.1 Å². The van der Waals surface area contributed by atoms with Crippen LogP contribution in [0.2, 0.25) is 0 Å². The van der Waals surface area contributed by atoms with Crippen molar-refractivity contribution in [2.45, 2.75) is 39.8 Å². The minimum absolute atomic E-state index is 0.0302. The van der Waals surface area contributed by atoms with Gasteiger partial charge in [-0.15, -0.1) is 0 Å². The van der Waals surface area contributed by atoms with Crippen molar-refractivity contribution in [2.24, 2.45) is 0 Å². The molecule has 2 aromatic heterocycles. The van der Waals surface area contributed by atoms with E-state index in [0.29, 0.717) is 19.4 Å². The van der Waals surface area contributed by atoms with E-state index in [1.54, 1.807) is 30.6 Å². The third-order valence-electron chi connectivity index (χ3n) is 3.72. The number of pyridine rings is 1. The molecule has 26 heavy (non-hydrogen) atoms. The van der Waals surface area contributed by atoms with Crippen LogP contribution in [-0.2, 0) is 17.9 Å². The lowest BCUT2D eigenvalue weighted by molar-refractivity contribution is -0.111. The number of aromatic nitrogens is 3. The van der Waals surface area contributed by atoms with Gasteiger partial charge < -0.3 is 11.1 Å². The van der Waals surface area contributed by atoms with E-state index in [0.717, 1.165) is 10.1 Å². The second kappa shape index (κ2) is 8.80. The molecule has 0 aliphatic carbocycles. The van der Waals surface area contributed by atoms with Crippen LogP contribution in [0, 0.1) is 0 Å². The van der Waals surface area contributed by atoms with Crippen LogP contribution < -0.4 is 22.3 Å². The number of carbonyl (C=O) groups excluding carboxylic acids is 1. The number of nitrogens with one attached hydrogen (secondary N) is 1. The van der Waals surface area contributed by atoms with Gasteiger partial charge in [-0.3, -0.25) is 23.7 Å². The van der Waals surface area contributed by atoms with Crippen molar-refractivity contribution < 1.29 is 4.79 Å². The third-order valence-corrected chi connectivity index (χ3v) is 3.72. The van der Waals surface area contributed by atoms with Crippen LogP contribution in [0.4, 0.5) is 11.5 Å². The SMILES string of the molecule is CCCn1c(N)c(NC(=O)C=Cc2cccnc2)c(=O)n(CCC)c1=O. The van der Waals surface area contributed by atoms with Gasteiger partial charge in [-0.05, 0) is 30.5 Å². The number of hydrogen-bond donors (Lipinski definition) is 2. The molecule has 0 aromatic carbocycles. The molecule has 0 bridgehead atoms. The summed E-state index contributed by atoms with van der Waals surface area (Å²) in [6.07, 6.45) is 7.38. The van der Waals surface area contributed by atoms with Crippen molar-refractivity contribution in [3.8, 4) is 0 Å². The van der Waals surface area contributed by atoms with Crippen LogP contribution in [0.25, 0.3) is 6.08 Å². The zero-order valence-corrected chi connectivity index (χ0v) is 14.9. The highest BCUT2D eigenvalue weighted by Crippen LogP contribution is 2.12. The van der Waals surface area contributed by atoms with Gasteiger partial charge in [-0.2, -0.15) is 0 Å². The molecule has 0 fully saturated rings. The Morgan fingerprint density at radius 1 is 1.23 bits per heavy atom. The molecule has 0 saturated carbocycles. The monoisotopic (exact) mass is 357 g/mol. The molecule has 8 heteroatoms. The summed E-state index contributed by atoms with van der Waals surface area (Å²) in [7, 11) is 0. The van der Waals surface area contributed by atoms with Crippen molar-refractivity contribution in [3.05, 3.63) is 57.0 Å². The molecular formula is C18H23N5O3. The molecule has 0 atom stereocenters. The van der Waals surface area contributed by atoms with Crippen LogP contribution in [-0.4, -0.2) is 20.0 Å². The molecule has 138 valence electrons. The van der Waals surface area contributed by atoms with Crippen LogP contribution >= 0.6 is 0 Å². The molecule has 8 nitrogen and oxygen atoms in total. The zero-order valence-electron chi connectivity index (χ0n) is 14.9. The second-order valence-electron chi connectivity index (χ2n) is 5.76. The van der Waals surface area contributed by atoms with Gasteiger partial charge in [0.25, 0.3) is 5.56 Å². The Balaban J connectivity index is 2.38. The predicted molar refractivity (Wildman–Crippen MR) is 102 cm³/mol. The van der Waals surface area contributed by atoms with Gasteiger partial charge in [-0.1, -0.05) is 19.9 Å². The molecule has 3 N–H and O–H groups in total. The van der Waals surface area contributed by atoms with E-state index in [9.17, 15) is 14.4 Å². The maximum Gasteiger partial charge on any atom is 0.332 e. The summed E-state index contributed by atoms with van der Waals surface area (Å²) in [5, 5.41) is 2.51. The molecule has 0 aliphatic rings. The van der Waals surface area contributed by atoms with Gasteiger partial charge in [0.15, 0.2) is 0 Å². The maximum absolute atomic E-state index is 12.6. The van der Waals surface area contributed by atoms with E-state index in [1.807, 2.05) is 13.8 Å². The minimum atomic E-state index is -0.593. The number of nitrogens with zero attached hydrogens (tertiary/aromatic N) is 3. The minimum Gasteiger partial charge on any atom is -0.383 e. The largest absolute Gasteiger partial charge is 0.383 e. The summed E-state index contributed by atoms with van der Waals surface area (Å²) in [5.74, 6) is -0.542. The number of carbonyl (C=O) groups is 1. The van der Waals surface area contributed by atoms with E-state index in [-0.39, 0.29) is 18.1 Å². The fraction of sp³-hybridized carbons (Fsp3) is 0.333. The first-order chi connectivity index (χ1) is 12.5. The molecule has 0 saturated heterocycles. The van der Waals surface area contributed by atoms with Gasteiger partial charge in [0.2, 0.25) is 5.91 Å². The first-order valence-corrected chi connectivity index (χ1v) is 8.51. The first kappa shape index (κ1) is 19.2. The number of amides is 1. The molecule has 2 aromatic rings. The Bertz CT molecular complexity index is 913. The van der Waals surface area contributed by atoms with Crippen molar-refractivity contribution in [2.75, 3.05) is 11.1 Å². The first-order valence-electron chi connectivity index (χ1n) is 8.51. The molecule has 2 heterocycles. The molecule has 0 aliphatic heterocycles. The number of hydrogen-bond acceptors (Lipinski definition) is 5. The third kappa shape index (κ3) is 4.27. The average Bonchev–Trinajstić information content (AvgIpc) is 2.65. The van der Waals surface area contributed by atoms with E-state index in [4.69, 9.17) is 5.73 Å². The topological polar surface area (TPSA) is 112 Å². The fourth-order valence-corrected chi connectivity index (χ4v) is 2.50. The lowest BCUT2D eigenvalue weighted by atomic mass is 10.2. The van der Waals surface area contributed by atoms with E-state index < -0.39 is 17.2 Å². The molecule has 0 spiro atoms. The van der Waals surface area contributed by atoms with Crippen molar-refractivity contribution >= 4 is 23.5 Å². The van der Waals surface area contributed by atoms with Crippen molar-refractivity contribution in [1.29, 1.82) is 0 Å². The van der Waals surface area contributed by atoms with Crippen LogP contribution in [0.15, 0.2) is 40.2 Å². The number of anilines is 2. The highest BCUT2D eigenvalue weighted by atomic mass is 16.2. The Hall–Kier alpha value is -3.16. The number of nitrogen functional groups attached to an aromatic ring is 1. The quantitative estimate of drug-likeness (QED) is 0.729. The van der Waals surface area contributed by atoms with Gasteiger partial charge in [0.1, 0.15) is 11.5 Å². The molecule has 0 radical (unpaired) electrons.